The average Bonchev–Trinajstić information content (AvgIpc) is 3.12. The van der Waals surface area contributed by atoms with Crippen molar-refractivity contribution in [3.8, 4) is 0 Å². The molecule has 4 heteroatoms. The highest BCUT2D eigenvalue weighted by Gasteiger charge is 2.27. The van der Waals surface area contributed by atoms with Crippen LogP contribution in [0.15, 0.2) is 0 Å². The number of hydrogen-bond donors (Lipinski definition) is 1. The molecular weight excluding hydrogens is 250 g/mol. The molecule has 2 aliphatic heterocycles. The summed E-state index contributed by atoms with van der Waals surface area (Å²) in [6.45, 7) is 11.8. The molecule has 116 valence electrons. The van der Waals surface area contributed by atoms with Crippen molar-refractivity contribution in [3.05, 3.63) is 0 Å². The summed E-state index contributed by atoms with van der Waals surface area (Å²) in [5, 5.41) is 3.60. The van der Waals surface area contributed by atoms with E-state index in [0.717, 1.165) is 25.6 Å². The average molecular weight is 281 g/mol. The summed E-state index contributed by atoms with van der Waals surface area (Å²) in [6.07, 6.45) is 5.90. The van der Waals surface area contributed by atoms with Gasteiger partial charge in [-0.1, -0.05) is 0 Å². The largest absolute Gasteiger partial charge is 0.377 e. The molecule has 1 N–H and O–H groups in total. The summed E-state index contributed by atoms with van der Waals surface area (Å²) in [7, 11) is 0. The van der Waals surface area contributed by atoms with Crippen molar-refractivity contribution >= 4 is 0 Å². The van der Waals surface area contributed by atoms with Crippen LogP contribution in [0.4, 0.5) is 0 Å². The van der Waals surface area contributed by atoms with Crippen LogP contribution in [0.25, 0.3) is 0 Å². The SMILES string of the molecule is CC(CNCC1CCCO1)N1CCN(CC2CC2)CC1. The van der Waals surface area contributed by atoms with Gasteiger partial charge in [0.2, 0.25) is 0 Å². The van der Waals surface area contributed by atoms with Crippen molar-refractivity contribution in [1.82, 2.24) is 15.1 Å². The van der Waals surface area contributed by atoms with E-state index in [1.807, 2.05) is 0 Å². The molecule has 1 saturated carbocycles. The van der Waals surface area contributed by atoms with Gasteiger partial charge in [-0.2, -0.15) is 0 Å². The van der Waals surface area contributed by atoms with E-state index in [2.05, 4.69) is 22.0 Å². The van der Waals surface area contributed by atoms with Crippen LogP contribution in [0.5, 0.6) is 0 Å². The van der Waals surface area contributed by atoms with Gasteiger partial charge in [-0.25, -0.2) is 0 Å². The lowest BCUT2D eigenvalue weighted by Crippen LogP contribution is -2.52. The van der Waals surface area contributed by atoms with E-state index in [1.165, 1.54) is 58.4 Å². The van der Waals surface area contributed by atoms with Crippen molar-refractivity contribution in [2.75, 3.05) is 52.4 Å². The lowest BCUT2D eigenvalue weighted by molar-refractivity contribution is 0.0898. The molecule has 0 aromatic rings. The van der Waals surface area contributed by atoms with Gasteiger partial charge < -0.3 is 15.0 Å². The molecule has 0 aromatic heterocycles. The van der Waals surface area contributed by atoms with Crippen LogP contribution in [-0.2, 0) is 4.74 Å². The maximum Gasteiger partial charge on any atom is 0.0700 e. The first-order valence-corrected chi connectivity index (χ1v) is 8.60. The van der Waals surface area contributed by atoms with Gasteiger partial charge >= 0.3 is 0 Å². The summed E-state index contributed by atoms with van der Waals surface area (Å²) in [6, 6.07) is 0.652. The molecule has 0 spiro atoms. The number of rotatable bonds is 7. The van der Waals surface area contributed by atoms with Crippen LogP contribution in [0.2, 0.25) is 0 Å². The molecule has 2 unspecified atom stereocenters. The van der Waals surface area contributed by atoms with E-state index >= 15 is 0 Å². The van der Waals surface area contributed by atoms with Gasteiger partial charge in [0.05, 0.1) is 6.10 Å². The third kappa shape index (κ3) is 4.42. The highest BCUT2D eigenvalue weighted by Crippen LogP contribution is 2.29. The van der Waals surface area contributed by atoms with E-state index in [0.29, 0.717) is 12.1 Å². The van der Waals surface area contributed by atoms with Crippen LogP contribution in [0, 0.1) is 5.92 Å². The molecule has 0 radical (unpaired) electrons. The molecule has 2 saturated heterocycles. The third-order valence-electron chi connectivity index (χ3n) is 5.08. The molecule has 2 heterocycles. The van der Waals surface area contributed by atoms with Crippen molar-refractivity contribution in [2.24, 2.45) is 5.92 Å². The summed E-state index contributed by atoms with van der Waals surface area (Å²) in [5.74, 6) is 1.03. The Morgan fingerprint density at radius 1 is 1.15 bits per heavy atom. The van der Waals surface area contributed by atoms with Crippen LogP contribution in [-0.4, -0.2) is 74.4 Å². The minimum atomic E-state index is 0.470. The molecular formula is C16H31N3O. The fraction of sp³-hybridized carbons (Fsp3) is 1.00. The zero-order chi connectivity index (χ0) is 13.8. The maximum absolute atomic E-state index is 5.65. The number of nitrogens with one attached hydrogen (secondary N) is 1. The molecule has 0 bridgehead atoms. The Kier molecular flexibility index (Phi) is 5.32. The summed E-state index contributed by atoms with van der Waals surface area (Å²) in [4.78, 5) is 5.31. The Hall–Kier alpha value is -0.160. The lowest BCUT2D eigenvalue weighted by atomic mass is 10.2. The molecule has 4 nitrogen and oxygen atoms in total. The van der Waals surface area contributed by atoms with E-state index in [4.69, 9.17) is 4.74 Å². The minimum absolute atomic E-state index is 0.470. The molecule has 3 aliphatic rings. The number of nitrogens with zero attached hydrogens (tertiary/aromatic N) is 2. The first-order chi connectivity index (χ1) is 9.81. The van der Waals surface area contributed by atoms with Crippen LogP contribution in [0.1, 0.15) is 32.6 Å². The van der Waals surface area contributed by atoms with Crippen LogP contribution < -0.4 is 5.32 Å². The lowest BCUT2D eigenvalue weighted by Gasteiger charge is -2.38. The zero-order valence-electron chi connectivity index (χ0n) is 13.0. The normalized spacial score (nSPS) is 30.8. The first-order valence-electron chi connectivity index (χ1n) is 8.60. The molecule has 0 amide bonds. The van der Waals surface area contributed by atoms with Gasteiger partial charge in [-0.3, -0.25) is 4.90 Å². The summed E-state index contributed by atoms with van der Waals surface area (Å²) < 4.78 is 5.65. The predicted molar refractivity (Wildman–Crippen MR) is 82.0 cm³/mol. The quantitative estimate of drug-likeness (QED) is 0.758. The number of piperazine rings is 1. The highest BCUT2D eigenvalue weighted by molar-refractivity contribution is 4.82. The van der Waals surface area contributed by atoms with Crippen molar-refractivity contribution in [2.45, 2.75) is 44.8 Å². The van der Waals surface area contributed by atoms with E-state index in [1.54, 1.807) is 0 Å². The van der Waals surface area contributed by atoms with Gasteiger partial charge in [-0.05, 0) is 38.5 Å². The van der Waals surface area contributed by atoms with Crippen molar-refractivity contribution < 1.29 is 4.74 Å². The molecule has 3 rings (SSSR count). The molecule has 1 aliphatic carbocycles. The highest BCUT2D eigenvalue weighted by atomic mass is 16.5. The second-order valence-corrected chi connectivity index (χ2v) is 6.92. The Morgan fingerprint density at radius 3 is 2.60 bits per heavy atom. The Bertz CT molecular complexity index is 281. The number of hydrogen-bond acceptors (Lipinski definition) is 4. The van der Waals surface area contributed by atoms with E-state index in [9.17, 15) is 0 Å². The Morgan fingerprint density at radius 2 is 1.95 bits per heavy atom. The van der Waals surface area contributed by atoms with E-state index < -0.39 is 0 Å². The fourth-order valence-corrected chi connectivity index (χ4v) is 3.44. The smallest absolute Gasteiger partial charge is 0.0700 e. The summed E-state index contributed by atoms with van der Waals surface area (Å²) in [5.41, 5.74) is 0. The monoisotopic (exact) mass is 281 g/mol. The fourth-order valence-electron chi connectivity index (χ4n) is 3.44. The summed E-state index contributed by atoms with van der Waals surface area (Å²) >= 11 is 0. The van der Waals surface area contributed by atoms with Crippen molar-refractivity contribution in [3.63, 3.8) is 0 Å². The van der Waals surface area contributed by atoms with Crippen LogP contribution in [0.3, 0.4) is 0 Å². The van der Waals surface area contributed by atoms with Gasteiger partial charge in [0.25, 0.3) is 0 Å². The number of ether oxygens (including phenoxy) is 1. The molecule has 3 fully saturated rings. The molecule has 20 heavy (non-hydrogen) atoms. The van der Waals surface area contributed by atoms with Crippen LogP contribution >= 0.6 is 0 Å². The van der Waals surface area contributed by atoms with Crippen molar-refractivity contribution in [1.29, 1.82) is 0 Å². The third-order valence-corrected chi connectivity index (χ3v) is 5.08. The zero-order valence-corrected chi connectivity index (χ0v) is 13.0. The maximum atomic E-state index is 5.65. The van der Waals surface area contributed by atoms with Gasteiger partial charge in [0.15, 0.2) is 0 Å². The second-order valence-electron chi connectivity index (χ2n) is 6.92. The topological polar surface area (TPSA) is 27.7 Å². The standard InChI is InChI=1S/C16H31N3O/c1-14(11-17-12-16-3-2-10-20-16)19-8-6-18(7-9-19)13-15-4-5-15/h14-17H,2-13H2,1H3. The predicted octanol–water partition coefficient (Wildman–Crippen LogP) is 1.17. The van der Waals surface area contributed by atoms with Gasteiger partial charge in [-0.15, -0.1) is 0 Å². The minimum Gasteiger partial charge on any atom is -0.377 e. The van der Waals surface area contributed by atoms with Gasteiger partial charge in [0, 0.05) is 58.5 Å². The Balaban J connectivity index is 1.28. The Labute approximate surface area is 123 Å². The second kappa shape index (κ2) is 7.21. The van der Waals surface area contributed by atoms with E-state index in [-0.39, 0.29) is 0 Å². The molecule has 0 aromatic carbocycles. The molecule has 2 atom stereocenters. The van der Waals surface area contributed by atoms with Gasteiger partial charge in [0.1, 0.15) is 0 Å². The first kappa shape index (κ1) is 14.8.